The van der Waals surface area contributed by atoms with Crippen LogP contribution in [0.3, 0.4) is 0 Å². The molecule has 170 valence electrons. The number of hydrogen-bond acceptors (Lipinski definition) is 6. The largest absolute Gasteiger partial charge is 0.479 e. The van der Waals surface area contributed by atoms with E-state index in [1.165, 1.54) is 19.3 Å². The number of carbonyl (C=O) groups is 1. The molecule has 4 heterocycles. The van der Waals surface area contributed by atoms with Gasteiger partial charge in [-0.15, -0.1) is 5.10 Å². The minimum absolute atomic E-state index is 0.0236. The minimum atomic E-state index is 0.0236. The highest BCUT2D eigenvalue weighted by atomic mass is 16.5. The van der Waals surface area contributed by atoms with E-state index in [4.69, 9.17) is 9.72 Å². The van der Waals surface area contributed by atoms with Crippen molar-refractivity contribution in [3.63, 3.8) is 0 Å². The number of carbonyl (C=O) groups excluding carboxylic acids is 1. The summed E-state index contributed by atoms with van der Waals surface area (Å²) in [5.74, 6) is 1.59. The highest BCUT2D eigenvalue weighted by Gasteiger charge is 2.19. The van der Waals surface area contributed by atoms with Crippen LogP contribution in [0.1, 0.15) is 48.1 Å². The van der Waals surface area contributed by atoms with E-state index in [2.05, 4.69) is 33.3 Å². The van der Waals surface area contributed by atoms with E-state index in [9.17, 15) is 4.79 Å². The number of piperidine rings is 1. The second-order valence-corrected chi connectivity index (χ2v) is 8.44. The Morgan fingerprint density at radius 1 is 1.22 bits per heavy atom. The van der Waals surface area contributed by atoms with Gasteiger partial charge in [0.1, 0.15) is 5.82 Å². The Morgan fingerprint density at radius 3 is 2.75 bits per heavy atom. The quantitative estimate of drug-likeness (QED) is 0.612. The van der Waals surface area contributed by atoms with Gasteiger partial charge >= 0.3 is 0 Å². The van der Waals surface area contributed by atoms with Crippen LogP contribution in [0.15, 0.2) is 18.3 Å². The molecule has 0 spiro atoms. The molecule has 1 fully saturated rings. The molecule has 0 unspecified atom stereocenters. The molecule has 0 bridgehead atoms. The fourth-order valence-electron chi connectivity index (χ4n) is 4.59. The van der Waals surface area contributed by atoms with Crippen molar-refractivity contribution in [3.05, 3.63) is 40.7 Å². The van der Waals surface area contributed by atoms with Gasteiger partial charge < -0.3 is 15.0 Å². The topological polar surface area (TPSA) is 85.2 Å². The second kappa shape index (κ2) is 9.54. The lowest BCUT2D eigenvalue weighted by molar-refractivity contribution is -0.121. The lowest BCUT2D eigenvalue weighted by atomic mass is 10.00. The SMILES string of the molecule is COc1nn(C)c2nc(C)c(CCC(=O)NCc3cccnc3N3CCCCC3)c(C)c12. The van der Waals surface area contributed by atoms with Gasteiger partial charge in [-0.25, -0.2) is 14.6 Å². The molecule has 0 aliphatic carbocycles. The summed E-state index contributed by atoms with van der Waals surface area (Å²) < 4.78 is 7.17. The molecule has 0 saturated carbocycles. The average molecular weight is 437 g/mol. The monoisotopic (exact) mass is 436 g/mol. The molecule has 4 rings (SSSR count). The lowest BCUT2D eigenvalue weighted by Crippen LogP contribution is -2.32. The third-order valence-corrected chi connectivity index (χ3v) is 6.32. The fourth-order valence-corrected chi connectivity index (χ4v) is 4.59. The predicted molar refractivity (Wildman–Crippen MR) is 125 cm³/mol. The summed E-state index contributed by atoms with van der Waals surface area (Å²) in [6, 6.07) is 3.99. The molecule has 3 aromatic heterocycles. The smallest absolute Gasteiger partial charge is 0.242 e. The fraction of sp³-hybridized carbons (Fsp3) is 0.500. The Hall–Kier alpha value is -3.16. The summed E-state index contributed by atoms with van der Waals surface area (Å²) in [7, 11) is 3.48. The van der Waals surface area contributed by atoms with Gasteiger partial charge in [0.2, 0.25) is 11.8 Å². The van der Waals surface area contributed by atoms with E-state index in [0.717, 1.165) is 52.3 Å². The molecule has 0 radical (unpaired) electrons. The van der Waals surface area contributed by atoms with Gasteiger partial charge in [-0.05, 0) is 56.7 Å². The van der Waals surface area contributed by atoms with E-state index in [1.54, 1.807) is 11.8 Å². The zero-order valence-corrected chi connectivity index (χ0v) is 19.4. The number of amides is 1. The maximum Gasteiger partial charge on any atom is 0.242 e. The molecular formula is C24H32N6O2. The van der Waals surface area contributed by atoms with Crippen molar-refractivity contribution in [2.24, 2.45) is 7.05 Å². The van der Waals surface area contributed by atoms with Crippen molar-refractivity contribution in [2.75, 3.05) is 25.1 Å². The first-order chi connectivity index (χ1) is 15.5. The summed E-state index contributed by atoms with van der Waals surface area (Å²) >= 11 is 0. The number of rotatable bonds is 7. The second-order valence-electron chi connectivity index (χ2n) is 8.44. The van der Waals surface area contributed by atoms with E-state index >= 15 is 0 Å². The minimum Gasteiger partial charge on any atom is -0.479 e. The van der Waals surface area contributed by atoms with Crippen molar-refractivity contribution in [1.29, 1.82) is 0 Å². The van der Waals surface area contributed by atoms with E-state index < -0.39 is 0 Å². The van der Waals surface area contributed by atoms with E-state index in [-0.39, 0.29) is 5.91 Å². The highest BCUT2D eigenvalue weighted by Crippen LogP contribution is 2.30. The zero-order valence-electron chi connectivity index (χ0n) is 19.4. The molecule has 32 heavy (non-hydrogen) atoms. The molecule has 8 nitrogen and oxygen atoms in total. The number of nitrogens with zero attached hydrogens (tertiary/aromatic N) is 5. The van der Waals surface area contributed by atoms with Crippen molar-refractivity contribution < 1.29 is 9.53 Å². The van der Waals surface area contributed by atoms with Crippen LogP contribution in [0.2, 0.25) is 0 Å². The molecule has 3 aromatic rings. The Bertz CT molecular complexity index is 1120. The van der Waals surface area contributed by atoms with E-state index in [1.807, 2.05) is 26.2 Å². The molecule has 1 amide bonds. The number of ether oxygens (including phenoxy) is 1. The summed E-state index contributed by atoms with van der Waals surface area (Å²) in [5, 5.41) is 8.40. The standard InChI is InChI=1S/C24H32N6O2/c1-16-19(17(2)27-23-21(16)24(32-4)28-29(23)3)10-11-20(31)26-15-18-9-8-12-25-22(18)30-13-6-5-7-14-30/h8-9,12H,5-7,10-11,13-15H2,1-4H3,(H,26,31). The van der Waals surface area contributed by atoms with Crippen molar-refractivity contribution in [1.82, 2.24) is 25.1 Å². The molecule has 1 aliphatic heterocycles. The van der Waals surface area contributed by atoms with Crippen molar-refractivity contribution in [2.45, 2.75) is 52.5 Å². The summed E-state index contributed by atoms with van der Waals surface area (Å²) in [6.07, 6.45) is 6.52. The van der Waals surface area contributed by atoms with E-state index in [0.29, 0.717) is 25.3 Å². The molecule has 0 aromatic carbocycles. The zero-order chi connectivity index (χ0) is 22.7. The third kappa shape index (κ3) is 4.40. The van der Waals surface area contributed by atoms with Crippen LogP contribution in [0.5, 0.6) is 5.88 Å². The van der Waals surface area contributed by atoms with Crippen LogP contribution < -0.4 is 15.0 Å². The van der Waals surface area contributed by atoms with Crippen molar-refractivity contribution >= 4 is 22.8 Å². The number of aromatic nitrogens is 4. The number of pyridine rings is 2. The molecular weight excluding hydrogens is 404 g/mol. The summed E-state index contributed by atoms with van der Waals surface area (Å²) in [6.45, 7) is 6.59. The van der Waals surface area contributed by atoms with Crippen LogP contribution in [0.4, 0.5) is 5.82 Å². The maximum absolute atomic E-state index is 12.7. The molecule has 1 N–H and O–H groups in total. The van der Waals surface area contributed by atoms with Crippen LogP contribution in [-0.4, -0.2) is 45.9 Å². The van der Waals surface area contributed by atoms with Crippen LogP contribution in [0.25, 0.3) is 11.0 Å². The highest BCUT2D eigenvalue weighted by molar-refractivity contribution is 5.86. The van der Waals surface area contributed by atoms with Crippen LogP contribution in [-0.2, 0) is 24.8 Å². The number of nitrogens with one attached hydrogen (secondary N) is 1. The Kier molecular flexibility index (Phi) is 6.58. The lowest BCUT2D eigenvalue weighted by Gasteiger charge is -2.29. The van der Waals surface area contributed by atoms with Crippen LogP contribution >= 0.6 is 0 Å². The summed E-state index contributed by atoms with van der Waals surface area (Å²) in [5.41, 5.74) is 4.94. The Morgan fingerprint density at radius 2 is 2.00 bits per heavy atom. The third-order valence-electron chi connectivity index (χ3n) is 6.32. The first-order valence-electron chi connectivity index (χ1n) is 11.3. The van der Waals surface area contributed by atoms with Gasteiger partial charge in [-0.3, -0.25) is 4.79 Å². The van der Waals surface area contributed by atoms with Gasteiger partial charge in [-0.2, -0.15) is 0 Å². The number of hydrogen-bond donors (Lipinski definition) is 1. The van der Waals surface area contributed by atoms with Gasteiger partial charge in [0.15, 0.2) is 5.65 Å². The van der Waals surface area contributed by atoms with Gasteiger partial charge in [0.05, 0.1) is 12.5 Å². The van der Waals surface area contributed by atoms with Crippen LogP contribution in [0, 0.1) is 13.8 Å². The first kappa shape index (κ1) is 22.0. The first-order valence-corrected chi connectivity index (χ1v) is 11.3. The summed E-state index contributed by atoms with van der Waals surface area (Å²) in [4.78, 5) is 24.3. The molecule has 1 saturated heterocycles. The molecule has 8 heteroatoms. The molecule has 1 aliphatic rings. The predicted octanol–water partition coefficient (Wildman–Crippen LogP) is 3.23. The number of anilines is 1. The average Bonchev–Trinajstić information content (AvgIpc) is 3.13. The Labute approximate surface area is 189 Å². The van der Waals surface area contributed by atoms with Gasteiger partial charge in [0, 0.05) is 50.6 Å². The maximum atomic E-state index is 12.7. The normalized spacial score (nSPS) is 14.1. The number of methoxy groups -OCH3 is 1. The van der Waals surface area contributed by atoms with Gasteiger partial charge in [-0.1, -0.05) is 6.07 Å². The number of aryl methyl sites for hydroxylation is 3. The molecule has 0 atom stereocenters. The van der Waals surface area contributed by atoms with Crippen molar-refractivity contribution in [3.8, 4) is 5.88 Å². The van der Waals surface area contributed by atoms with Gasteiger partial charge in [0.25, 0.3) is 0 Å². The Balaban J connectivity index is 1.43. The number of fused-ring (bicyclic) bond motifs is 1.